The van der Waals surface area contributed by atoms with Gasteiger partial charge in [-0.1, -0.05) is 200 Å². The molecule has 0 atom stereocenters. The van der Waals surface area contributed by atoms with E-state index in [9.17, 15) is 0 Å². The molecule has 0 N–H and O–H groups in total. The number of nitrogens with zero attached hydrogens (tertiary/aromatic N) is 9. The van der Waals surface area contributed by atoms with Crippen LogP contribution in [0.5, 0.6) is 0 Å². The summed E-state index contributed by atoms with van der Waals surface area (Å²) in [5, 5.41) is 13.8. The quantitative estimate of drug-likeness (QED) is 0.145. The Hall–Kier alpha value is -13.9. The third-order valence-corrected chi connectivity index (χ3v) is 21.2. The Morgan fingerprint density at radius 1 is 0.176 bits per heavy atom. The van der Waals surface area contributed by atoms with Crippen molar-refractivity contribution in [2.45, 2.75) is 0 Å². The molecular formula is C93H57N9. The smallest absolute Gasteiger partial charge is 0.166 e. The molecule has 15 aromatic carbocycles. The molecule has 22 aromatic rings. The fourth-order valence-corrected chi connectivity index (χ4v) is 17.0. The third kappa shape index (κ3) is 8.06. The molecule has 7 aromatic heterocycles. The standard InChI is InChI=1S/C93H57N9/c1-5-27-60(28-6-1)97-75-42-20-15-37-67(75)73-55-58(49-53-82(73)97)91-94-92(59-50-54-83-74(56-59)68-38-16-21-43-76(68)98(83)61-29-7-2-8-30-61)96-93(95-91)72-52-51-64(57-84(72)102-77-44-22-13-35-65(77)66-36-14-23-45-78(66)102)101-81-48-26-19-41-71(81)87-89-85(69-39-17-24-46-79(69)99(89)62-31-9-3-10-32-62)88-86(90(87)101)70-40-18-25-47-80(70)100(88)63-33-11-4-12-34-63/h1-57H. The highest BCUT2D eigenvalue weighted by molar-refractivity contribution is 6.40. The van der Waals surface area contributed by atoms with Crippen LogP contribution in [-0.4, -0.2) is 42.4 Å². The monoisotopic (exact) mass is 1300 g/mol. The molecule has 474 valence electrons. The highest BCUT2D eigenvalue weighted by atomic mass is 15.1. The number of hydrogen-bond donors (Lipinski definition) is 0. The highest BCUT2D eigenvalue weighted by Gasteiger charge is 2.31. The summed E-state index contributed by atoms with van der Waals surface area (Å²) in [4.78, 5) is 17.2. The van der Waals surface area contributed by atoms with Crippen LogP contribution < -0.4 is 0 Å². The number of para-hydroxylation sites is 11. The maximum atomic E-state index is 5.77. The van der Waals surface area contributed by atoms with E-state index >= 15 is 0 Å². The molecule has 22 rings (SSSR count). The van der Waals surface area contributed by atoms with Gasteiger partial charge in [-0.15, -0.1) is 0 Å². The summed E-state index contributed by atoms with van der Waals surface area (Å²) in [5.41, 5.74) is 22.2. The maximum absolute atomic E-state index is 5.77. The van der Waals surface area contributed by atoms with Gasteiger partial charge in [-0.3, -0.25) is 0 Å². The summed E-state index contributed by atoms with van der Waals surface area (Å²) >= 11 is 0. The van der Waals surface area contributed by atoms with E-state index < -0.39 is 0 Å². The fraction of sp³-hybridized carbons (Fsp3) is 0. The fourth-order valence-electron chi connectivity index (χ4n) is 17.0. The Labute approximate surface area is 583 Å². The number of aromatic nitrogens is 9. The second-order valence-corrected chi connectivity index (χ2v) is 26.6. The minimum absolute atomic E-state index is 0.543. The van der Waals surface area contributed by atoms with E-state index in [2.05, 4.69) is 373 Å². The molecule has 0 aliphatic heterocycles. The van der Waals surface area contributed by atoms with Crippen LogP contribution in [0.15, 0.2) is 346 Å². The summed E-state index contributed by atoms with van der Waals surface area (Å²) in [6, 6.07) is 125. The maximum Gasteiger partial charge on any atom is 0.166 e. The molecular weight excluding hydrogens is 1240 g/mol. The van der Waals surface area contributed by atoms with Gasteiger partial charge in [0, 0.05) is 110 Å². The number of rotatable bonds is 9. The first-order chi connectivity index (χ1) is 50.7. The van der Waals surface area contributed by atoms with Crippen molar-refractivity contribution in [2.75, 3.05) is 0 Å². The average Bonchev–Trinajstić information content (AvgIpc) is 1.50. The minimum Gasteiger partial charge on any atom is -0.309 e. The van der Waals surface area contributed by atoms with Crippen LogP contribution in [0.3, 0.4) is 0 Å². The van der Waals surface area contributed by atoms with Crippen molar-refractivity contribution in [3.63, 3.8) is 0 Å². The van der Waals surface area contributed by atoms with Gasteiger partial charge in [-0.25, -0.2) is 15.0 Å². The van der Waals surface area contributed by atoms with Gasteiger partial charge in [0.25, 0.3) is 0 Å². The molecule has 9 nitrogen and oxygen atoms in total. The van der Waals surface area contributed by atoms with Crippen LogP contribution in [-0.2, 0) is 0 Å². The first-order valence-electron chi connectivity index (χ1n) is 34.8. The summed E-state index contributed by atoms with van der Waals surface area (Å²) < 4.78 is 14.7. The Kier molecular flexibility index (Phi) is 12.0. The van der Waals surface area contributed by atoms with Crippen LogP contribution in [0.4, 0.5) is 0 Å². The van der Waals surface area contributed by atoms with Crippen molar-refractivity contribution in [3.8, 4) is 68.3 Å². The van der Waals surface area contributed by atoms with E-state index in [1.165, 1.54) is 26.9 Å². The molecule has 0 unspecified atom stereocenters. The van der Waals surface area contributed by atoms with E-state index in [0.717, 1.165) is 155 Å². The van der Waals surface area contributed by atoms with E-state index in [-0.39, 0.29) is 0 Å². The van der Waals surface area contributed by atoms with E-state index in [1.807, 2.05) is 0 Å². The Morgan fingerprint density at radius 2 is 0.451 bits per heavy atom. The lowest BCUT2D eigenvalue weighted by atomic mass is 10.0. The topological polar surface area (TPSA) is 68.2 Å². The van der Waals surface area contributed by atoms with Crippen molar-refractivity contribution in [1.82, 2.24) is 42.4 Å². The predicted octanol–water partition coefficient (Wildman–Crippen LogP) is 23.5. The van der Waals surface area contributed by atoms with Gasteiger partial charge >= 0.3 is 0 Å². The van der Waals surface area contributed by atoms with Gasteiger partial charge in [0.1, 0.15) is 0 Å². The molecule has 0 amide bonds. The second-order valence-electron chi connectivity index (χ2n) is 26.6. The molecule has 0 aliphatic carbocycles. The normalized spacial score (nSPS) is 12.1. The van der Waals surface area contributed by atoms with Crippen LogP contribution >= 0.6 is 0 Å². The van der Waals surface area contributed by atoms with E-state index in [0.29, 0.717) is 17.5 Å². The molecule has 0 fully saturated rings. The van der Waals surface area contributed by atoms with Crippen LogP contribution in [0, 0.1) is 0 Å². The summed E-state index contributed by atoms with van der Waals surface area (Å²) in [6.45, 7) is 0. The zero-order valence-corrected chi connectivity index (χ0v) is 54.9. The molecule has 7 heterocycles. The van der Waals surface area contributed by atoms with Crippen molar-refractivity contribution in [1.29, 1.82) is 0 Å². The van der Waals surface area contributed by atoms with Gasteiger partial charge in [0.2, 0.25) is 0 Å². The van der Waals surface area contributed by atoms with Gasteiger partial charge in [0.05, 0.1) is 71.9 Å². The zero-order valence-electron chi connectivity index (χ0n) is 54.9. The lowest BCUT2D eigenvalue weighted by molar-refractivity contribution is 1.06. The molecule has 0 saturated heterocycles. The molecule has 0 saturated carbocycles. The molecule has 102 heavy (non-hydrogen) atoms. The largest absolute Gasteiger partial charge is 0.309 e. The first-order valence-corrected chi connectivity index (χ1v) is 34.8. The Bertz CT molecular complexity index is 6930. The summed E-state index contributed by atoms with van der Waals surface area (Å²) in [7, 11) is 0. The van der Waals surface area contributed by atoms with E-state index in [1.54, 1.807) is 0 Å². The average molecular weight is 1300 g/mol. The molecule has 0 bridgehead atoms. The van der Waals surface area contributed by atoms with Crippen molar-refractivity contribution < 1.29 is 0 Å². The molecule has 0 aliphatic rings. The molecule has 0 spiro atoms. The first kappa shape index (κ1) is 56.2. The Balaban J connectivity index is 0.867. The zero-order chi connectivity index (χ0) is 66.7. The number of hydrogen-bond acceptors (Lipinski definition) is 3. The summed E-state index contributed by atoms with van der Waals surface area (Å²) in [6.07, 6.45) is 0. The van der Waals surface area contributed by atoms with Crippen molar-refractivity contribution in [2.24, 2.45) is 0 Å². The molecule has 0 radical (unpaired) electrons. The highest BCUT2D eigenvalue weighted by Crippen LogP contribution is 2.51. The van der Waals surface area contributed by atoms with Crippen molar-refractivity contribution in [3.05, 3.63) is 346 Å². The van der Waals surface area contributed by atoms with Gasteiger partial charge in [-0.05, 0) is 146 Å². The Morgan fingerprint density at radius 3 is 0.824 bits per heavy atom. The number of fused-ring (bicyclic) bond motifs is 21. The lowest BCUT2D eigenvalue weighted by Gasteiger charge is -2.18. The van der Waals surface area contributed by atoms with Crippen molar-refractivity contribution >= 4 is 131 Å². The van der Waals surface area contributed by atoms with Crippen LogP contribution in [0.1, 0.15) is 0 Å². The number of benzene rings is 15. The van der Waals surface area contributed by atoms with Gasteiger partial charge < -0.3 is 27.4 Å². The van der Waals surface area contributed by atoms with Crippen LogP contribution in [0.25, 0.3) is 199 Å². The minimum atomic E-state index is 0.543. The predicted molar refractivity (Wildman–Crippen MR) is 422 cm³/mol. The van der Waals surface area contributed by atoms with E-state index in [4.69, 9.17) is 15.0 Å². The lowest BCUT2D eigenvalue weighted by Crippen LogP contribution is -2.05. The van der Waals surface area contributed by atoms with Gasteiger partial charge in [0.15, 0.2) is 17.5 Å². The second kappa shape index (κ2) is 21.8. The van der Waals surface area contributed by atoms with Gasteiger partial charge in [-0.2, -0.15) is 0 Å². The van der Waals surface area contributed by atoms with Crippen LogP contribution in [0.2, 0.25) is 0 Å². The third-order valence-electron chi connectivity index (χ3n) is 21.2. The summed E-state index contributed by atoms with van der Waals surface area (Å²) in [5.74, 6) is 1.67. The SMILES string of the molecule is c1ccc(-n2c3ccccc3c3cc(-c4nc(-c5ccc6c(c5)c5ccccc5n6-c5ccccc5)nc(-c5ccc(-n6c7ccccc7c7c8c(c9ccccc9n8-c8ccccc8)c8c(c9ccccc9n8-c8ccccc8)c76)cc5-n5c6ccccc6c6ccccc65)n4)ccc32)cc1. The molecule has 9 heteroatoms.